The first-order chi connectivity index (χ1) is 8.10. The summed E-state index contributed by atoms with van der Waals surface area (Å²) >= 11 is 3.47. The predicted molar refractivity (Wildman–Crippen MR) is 78.1 cm³/mol. The maximum absolute atomic E-state index is 5.96. The summed E-state index contributed by atoms with van der Waals surface area (Å²) in [5.41, 5.74) is 7.26. The van der Waals surface area contributed by atoms with E-state index < -0.39 is 0 Å². The van der Waals surface area contributed by atoms with Crippen molar-refractivity contribution in [2.24, 2.45) is 5.73 Å². The van der Waals surface area contributed by atoms with Crippen molar-refractivity contribution in [2.75, 3.05) is 13.1 Å². The Morgan fingerprint density at radius 2 is 1.82 bits per heavy atom. The summed E-state index contributed by atoms with van der Waals surface area (Å²) in [6.07, 6.45) is 1.16. The number of rotatable bonds is 6. The molecule has 0 bridgehead atoms. The lowest BCUT2D eigenvalue weighted by molar-refractivity contribution is 0.157. The smallest absolute Gasteiger partial charge is 0.0473 e. The van der Waals surface area contributed by atoms with E-state index in [-0.39, 0.29) is 0 Å². The number of nitrogens with two attached hydrogens (primary N) is 1. The van der Waals surface area contributed by atoms with Gasteiger partial charge in [0.25, 0.3) is 0 Å². The molecule has 0 radical (unpaired) electrons. The van der Waals surface area contributed by atoms with Gasteiger partial charge in [0.2, 0.25) is 0 Å². The summed E-state index contributed by atoms with van der Waals surface area (Å²) in [6.45, 7) is 8.44. The molecule has 1 atom stereocenters. The Labute approximate surface area is 113 Å². The Bertz CT molecular complexity index is 321. The van der Waals surface area contributed by atoms with Crippen LogP contribution < -0.4 is 5.73 Å². The van der Waals surface area contributed by atoms with Crippen LogP contribution in [-0.2, 0) is 0 Å². The van der Waals surface area contributed by atoms with Crippen molar-refractivity contribution >= 4 is 15.9 Å². The topological polar surface area (TPSA) is 29.3 Å². The van der Waals surface area contributed by atoms with Crippen LogP contribution in [-0.4, -0.2) is 24.0 Å². The van der Waals surface area contributed by atoms with Crippen LogP contribution in [0, 0.1) is 0 Å². The van der Waals surface area contributed by atoms with Crippen molar-refractivity contribution in [3.05, 3.63) is 34.3 Å². The van der Waals surface area contributed by atoms with Crippen molar-refractivity contribution in [3.8, 4) is 0 Å². The van der Waals surface area contributed by atoms with Crippen LogP contribution in [0.3, 0.4) is 0 Å². The second kappa shape index (κ2) is 7.14. The molecule has 1 aromatic carbocycles. The molecular weight excluding hydrogens is 276 g/mol. The Morgan fingerprint density at radius 1 is 1.24 bits per heavy atom. The molecular formula is C14H23BrN2. The van der Waals surface area contributed by atoms with Gasteiger partial charge in [-0.05, 0) is 44.5 Å². The van der Waals surface area contributed by atoms with Gasteiger partial charge in [-0.3, -0.25) is 4.90 Å². The third-order valence-electron chi connectivity index (χ3n) is 3.02. The van der Waals surface area contributed by atoms with Crippen LogP contribution in [0.25, 0.3) is 0 Å². The zero-order valence-electron chi connectivity index (χ0n) is 11.0. The maximum Gasteiger partial charge on any atom is 0.0473 e. The molecule has 0 aliphatic heterocycles. The third-order valence-corrected chi connectivity index (χ3v) is 3.55. The van der Waals surface area contributed by atoms with Crippen LogP contribution in [0.5, 0.6) is 0 Å². The molecule has 0 amide bonds. The standard InChI is InChI=1S/C14H23BrN2/c1-4-9-17(11(2)3)14(10-16)12-5-7-13(15)8-6-12/h5-8,11,14H,4,9-10,16H2,1-3H3. The Hall–Kier alpha value is -0.380. The molecule has 0 fully saturated rings. The first-order valence-electron chi connectivity index (χ1n) is 6.31. The molecule has 0 aliphatic carbocycles. The first kappa shape index (κ1) is 14.7. The summed E-state index contributed by atoms with van der Waals surface area (Å²) in [7, 11) is 0. The fraction of sp³-hybridized carbons (Fsp3) is 0.571. The quantitative estimate of drug-likeness (QED) is 0.870. The van der Waals surface area contributed by atoms with E-state index in [0.717, 1.165) is 17.4 Å². The molecule has 3 heteroatoms. The Balaban J connectivity index is 2.91. The number of halogens is 1. The molecule has 2 nitrogen and oxygen atoms in total. The number of nitrogens with zero attached hydrogens (tertiary/aromatic N) is 1. The lowest BCUT2D eigenvalue weighted by Gasteiger charge is -2.34. The second-order valence-corrected chi connectivity index (χ2v) is 5.55. The van der Waals surface area contributed by atoms with Crippen LogP contribution in [0.15, 0.2) is 28.7 Å². The van der Waals surface area contributed by atoms with Gasteiger partial charge in [0.15, 0.2) is 0 Å². The average Bonchev–Trinajstić information content (AvgIpc) is 2.31. The monoisotopic (exact) mass is 298 g/mol. The van der Waals surface area contributed by atoms with E-state index in [1.807, 2.05) is 0 Å². The highest BCUT2D eigenvalue weighted by Crippen LogP contribution is 2.23. The van der Waals surface area contributed by atoms with Gasteiger partial charge in [0, 0.05) is 23.1 Å². The van der Waals surface area contributed by atoms with Crippen molar-refractivity contribution in [3.63, 3.8) is 0 Å². The van der Waals surface area contributed by atoms with Crippen molar-refractivity contribution in [2.45, 2.75) is 39.3 Å². The largest absolute Gasteiger partial charge is 0.329 e. The van der Waals surface area contributed by atoms with E-state index in [1.165, 1.54) is 5.56 Å². The number of hydrogen-bond acceptors (Lipinski definition) is 2. The van der Waals surface area contributed by atoms with Gasteiger partial charge in [-0.15, -0.1) is 0 Å². The molecule has 0 aromatic heterocycles. The van der Waals surface area contributed by atoms with E-state index in [9.17, 15) is 0 Å². The summed E-state index contributed by atoms with van der Waals surface area (Å²) in [6, 6.07) is 9.33. The fourth-order valence-corrected chi connectivity index (χ4v) is 2.44. The highest BCUT2D eigenvalue weighted by atomic mass is 79.9. The fourth-order valence-electron chi connectivity index (χ4n) is 2.18. The minimum atomic E-state index is 0.322. The van der Waals surface area contributed by atoms with E-state index in [4.69, 9.17) is 5.73 Å². The van der Waals surface area contributed by atoms with Crippen molar-refractivity contribution in [1.82, 2.24) is 4.90 Å². The van der Waals surface area contributed by atoms with Gasteiger partial charge in [-0.2, -0.15) is 0 Å². The second-order valence-electron chi connectivity index (χ2n) is 4.63. The summed E-state index contributed by atoms with van der Waals surface area (Å²) in [4.78, 5) is 2.48. The minimum absolute atomic E-state index is 0.322. The lowest BCUT2D eigenvalue weighted by Crippen LogP contribution is -2.39. The van der Waals surface area contributed by atoms with Gasteiger partial charge in [0.1, 0.15) is 0 Å². The Morgan fingerprint density at radius 3 is 2.24 bits per heavy atom. The maximum atomic E-state index is 5.96. The van der Waals surface area contributed by atoms with Crippen LogP contribution in [0.4, 0.5) is 0 Å². The summed E-state index contributed by atoms with van der Waals surface area (Å²) in [5, 5.41) is 0. The lowest BCUT2D eigenvalue weighted by atomic mass is 10.0. The molecule has 1 aromatic rings. The van der Waals surface area contributed by atoms with Gasteiger partial charge < -0.3 is 5.73 Å². The van der Waals surface area contributed by atoms with Crippen LogP contribution in [0.1, 0.15) is 38.8 Å². The van der Waals surface area contributed by atoms with E-state index >= 15 is 0 Å². The van der Waals surface area contributed by atoms with Gasteiger partial charge >= 0.3 is 0 Å². The molecule has 96 valence electrons. The number of benzene rings is 1. The summed E-state index contributed by atoms with van der Waals surface area (Å²) < 4.78 is 1.11. The first-order valence-corrected chi connectivity index (χ1v) is 7.10. The number of hydrogen-bond donors (Lipinski definition) is 1. The van der Waals surface area contributed by atoms with Gasteiger partial charge in [0.05, 0.1) is 0 Å². The van der Waals surface area contributed by atoms with E-state index in [2.05, 4.69) is 65.9 Å². The molecule has 1 rings (SSSR count). The molecule has 1 unspecified atom stereocenters. The Kier molecular flexibility index (Phi) is 6.17. The molecule has 0 saturated heterocycles. The van der Waals surface area contributed by atoms with Crippen molar-refractivity contribution < 1.29 is 0 Å². The predicted octanol–water partition coefficient (Wildman–Crippen LogP) is 3.57. The minimum Gasteiger partial charge on any atom is -0.329 e. The molecule has 0 heterocycles. The zero-order valence-corrected chi connectivity index (χ0v) is 12.6. The summed E-state index contributed by atoms with van der Waals surface area (Å²) in [5.74, 6) is 0. The van der Waals surface area contributed by atoms with Crippen LogP contribution in [0.2, 0.25) is 0 Å². The van der Waals surface area contributed by atoms with E-state index in [1.54, 1.807) is 0 Å². The normalized spacial score (nSPS) is 13.4. The molecule has 17 heavy (non-hydrogen) atoms. The highest BCUT2D eigenvalue weighted by molar-refractivity contribution is 9.10. The molecule has 0 saturated carbocycles. The van der Waals surface area contributed by atoms with Crippen molar-refractivity contribution in [1.29, 1.82) is 0 Å². The highest BCUT2D eigenvalue weighted by Gasteiger charge is 2.20. The van der Waals surface area contributed by atoms with E-state index in [0.29, 0.717) is 18.6 Å². The van der Waals surface area contributed by atoms with Gasteiger partial charge in [-0.25, -0.2) is 0 Å². The molecule has 0 aliphatic rings. The van der Waals surface area contributed by atoms with Gasteiger partial charge in [-0.1, -0.05) is 35.0 Å². The molecule has 2 N–H and O–H groups in total. The average molecular weight is 299 g/mol. The SMILES string of the molecule is CCCN(C(C)C)C(CN)c1ccc(Br)cc1. The molecule has 0 spiro atoms. The zero-order chi connectivity index (χ0) is 12.8. The third kappa shape index (κ3) is 4.09. The van der Waals surface area contributed by atoms with Crippen LogP contribution >= 0.6 is 15.9 Å².